The summed E-state index contributed by atoms with van der Waals surface area (Å²) in [6.07, 6.45) is 2.65. The third-order valence-electron chi connectivity index (χ3n) is 1.34. The van der Waals surface area contributed by atoms with Crippen LogP contribution in [0.15, 0.2) is 12.7 Å². The molecule has 0 aromatic rings. The average molecular weight is 186 g/mol. The Balaban J connectivity index is 3.06. The minimum Gasteiger partial charge on any atom is -0.379 e. The lowest BCUT2D eigenvalue weighted by Crippen LogP contribution is -2.37. The Morgan fingerprint density at radius 3 is 2.85 bits per heavy atom. The van der Waals surface area contributed by atoms with Crippen molar-refractivity contribution in [2.45, 2.75) is 13.3 Å². The van der Waals surface area contributed by atoms with Crippen LogP contribution in [0, 0.1) is 0 Å². The maximum Gasteiger partial charge on any atom is 0.314 e. The molecule has 0 aromatic heterocycles. The van der Waals surface area contributed by atoms with Gasteiger partial charge in [-0.1, -0.05) is 6.08 Å². The number of hydrogen-bond acceptors (Lipinski definition) is 2. The predicted molar refractivity (Wildman–Crippen MR) is 52.7 cm³/mol. The quantitative estimate of drug-likeness (QED) is 0.458. The van der Waals surface area contributed by atoms with Crippen molar-refractivity contribution in [2.24, 2.45) is 0 Å². The van der Waals surface area contributed by atoms with Gasteiger partial charge < -0.3 is 15.4 Å². The Hall–Kier alpha value is -1.03. The number of hydrogen-bond donors (Lipinski definition) is 2. The van der Waals surface area contributed by atoms with Crippen LogP contribution in [0.3, 0.4) is 0 Å². The molecule has 4 nitrogen and oxygen atoms in total. The summed E-state index contributed by atoms with van der Waals surface area (Å²) in [5.41, 5.74) is 0. The molecule has 0 spiro atoms. The van der Waals surface area contributed by atoms with Gasteiger partial charge in [0.25, 0.3) is 0 Å². The Labute approximate surface area is 79.3 Å². The molecular formula is C9H18N2O2. The molecule has 13 heavy (non-hydrogen) atoms. The summed E-state index contributed by atoms with van der Waals surface area (Å²) in [6, 6.07) is -0.144. The lowest BCUT2D eigenvalue weighted by atomic mass is 10.4. The van der Waals surface area contributed by atoms with E-state index >= 15 is 0 Å². The van der Waals surface area contributed by atoms with Gasteiger partial charge in [0, 0.05) is 13.1 Å². The smallest absolute Gasteiger partial charge is 0.314 e. The summed E-state index contributed by atoms with van der Waals surface area (Å²) in [5, 5.41) is 5.29. The number of carbonyl (C=O) groups excluding carboxylic acids is 1. The molecule has 0 aromatic carbocycles. The van der Waals surface area contributed by atoms with Crippen molar-refractivity contribution in [3.05, 3.63) is 12.7 Å². The Morgan fingerprint density at radius 2 is 2.23 bits per heavy atom. The molecule has 76 valence electrons. The maximum atomic E-state index is 10.8. The lowest BCUT2D eigenvalue weighted by Gasteiger charge is -2.05. The molecule has 0 radical (unpaired) electrons. The van der Waals surface area contributed by atoms with E-state index in [1.165, 1.54) is 0 Å². The minimum absolute atomic E-state index is 0.144. The Kier molecular flexibility index (Phi) is 8.34. The number of carbonyl (C=O) groups is 1. The van der Waals surface area contributed by atoms with E-state index in [1.807, 2.05) is 6.92 Å². The van der Waals surface area contributed by atoms with Gasteiger partial charge in [-0.05, 0) is 13.3 Å². The standard InChI is InChI=1S/C9H18N2O2/c1-3-5-7-13-8-6-11-9(12)10-4-2/h3H,1,4-8H2,2H3,(H2,10,11,12). The molecule has 2 N–H and O–H groups in total. The second-order valence-corrected chi connectivity index (χ2v) is 2.48. The van der Waals surface area contributed by atoms with Gasteiger partial charge in [-0.15, -0.1) is 6.58 Å². The number of ether oxygens (including phenoxy) is 1. The number of nitrogens with one attached hydrogen (secondary N) is 2. The Bertz CT molecular complexity index is 149. The van der Waals surface area contributed by atoms with E-state index in [2.05, 4.69) is 17.2 Å². The topological polar surface area (TPSA) is 50.4 Å². The summed E-state index contributed by atoms with van der Waals surface area (Å²) < 4.78 is 5.19. The third kappa shape index (κ3) is 8.88. The van der Waals surface area contributed by atoms with E-state index in [0.29, 0.717) is 26.3 Å². The predicted octanol–water partition coefficient (Wildman–Crippen LogP) is 0.898. The normalized spacial score (nSPS) is 9.31. The molecule has 0 bridgehead atoms. The van der Waals surface area contributed by atoms with Crippen molar-refractivity contribution in [3.8, 4) is 0 Å². The first-order valence-electron chi connectivity index (χ1n) is 4.51. The van der Waals surface area contributed by atoms with E-state index in [9.17, 15) is 4.79 Å². The van der Waals surface area contributed by atoms with Crippen LogP contribution in [-0.4, -0.2) is 32.3 Å². The van der Waals surface area contributed by atoms with Crippen molar-refractivity contribution < 1.29 is 9.53 Å². The molecule has 4 heteroatoms. The zero-order valence-corrected chi connectivity index (χ0v) is 8.14. The second-order valence-electron chi connectivity index (χ2n) is 2.48. The number of rotatable bonds is 7. The summed E-state index contributed by atoms with van der Waals surface area (Å²) in [5.74, 6) is 0. The van der Waals surface area contributed by atoms with Gasteiger partial charge in [-0.25, -0.2) is 4.79 Å². The fourth-order valence-corrected chi connectivity index (χ4v) is 0.729. The first-order chi connectivity index (χ1) is 6.31. The maximum absolute atomic E-state index is 10.8. The molecule has 0 aliphatic rings. The first-order valence-corrected chi connectivity index (χ1v) is 4.51. The number of urea groups is 1. The monoisotopic (exact) mass is 186 g/mol. The molecule has 0 saturated heterocycles. The van der Waals surface area contributed by atoms with Crippen molar-refractivity contribution >= 4 is 6.03 Å². The van der Waals surface area contributed by atoms with Crippen LogP contribution >= 0.6 is 0 Å². The molecule has 0 atom stereocenters. The van der Waals surface area contributed by atoms with Crippen LogP contribution in [0.25, 0.3) is 0 Å². The van der Waals surface area contributed by atoms with Crippen molar-refractivity contribution in [2.75, 3.05) is 26.3 Å². The van der Waals surface area contributed by atoms with E-state index in [4.69, 9.17) is 4.74 Å². The molecule has 0 rings (SSSR count). The average Bonchev–Trinajstić information content (AvgIpc) is 2.11. The van der Waals surface area contributed by atoms with Crippen LogP contribution < -0.4 is 10.6 Å². The van der Waals surface area contributed by atoms with Crippen LogP contribution in [-0.2, 0) is 4.74 Å². The van der Waals surface area contributed by atoms with E-state index < -0.39 is 0 Å². The highest BCUT2D eigenvalue weighted by Gasteiger charge is 1.94. The van der Waals surface area contributed by atoms with Gasteiger partial charge in [0.2, 0.25) is 0 Å². The highest BCUT2D eigenvalue weighted by molar-refractivity contribution is 5.73. The van der Waals surface area contributed by atoms with Gasteiger partial charge in [-0.2, -0.15) is 0 Å². The second kappa shape index (κ2) is 9.06. The molecule has 0 aliphatic carbocycles. The van der Waals surface area contributed by atoms with Gasteiger partial charge in [0.1, 0.15) is 0 Å². The van der Waals surface area contributed by atoms with E-state index in [0.717, 1.165) is 6.42 Å². The van der Waals surface area contributed by atoms with Gasteiger partial charge in [0.15, 0.2) is 0 Å². The molecule has 0 aliphatic heterocycles. The molecule has 0 fully saturated rings. The van der Waals surface area contributed by atoms with E-state index in [1.54, 1.807) is 6.08 Å². The Morgan fingerprint density at radius 1 is 1.46 bits per heavy atom. The molecule has 0 saturated carbocycles. The zero-order chi connectivity index (χ0) is 9.94. The van der Waals surface area contributed by atoms with Crippen LogP contribution in [0.4, 0.5) is 4.79 Å². The van der Waals surface area contributed by atoms with Crippen molar-refractivity contribution in [1.82, 2.24) is 10.6 Å². The van der Waals surface area contributed by atoms with E-state index in [-0.39, 0.29) is 6.03 Å². The molecule has 0 unspecified atom stereocenters. The summed E-state index contributed by atoms with van der Waals surface area (Å²) >= 11 is 0. The highest BCUT2D eigenvalue weighted by Crippen LogP contribution is 1.81. The zero-order valence-electron chi connectivity index (χ0n) is 8.14. The van der Waals surface area contributed by atoms with Gasteiger partial charge in [0.05, 0.1) is 13.2 Å². The van der Waals surface area contributed by atoms with Crippen LogP contribution in [0.5, 0.6) is 0 Å². The number of amides is 2. The SMILES string of the molecule is C=CCCOCCNC(=O)NCC. The minimum atomic E-state index is -0.144. The van der Waals surface area contributed by atoms with Crippen LogP contribution in [0.2, 0.25) is 0 Å². The summed E-state index contributed by atoms with van der Waals surface area (Å²) in [4.78, 5) is 10.8. The fraction of sp³-hybridized carbons (Fsp3) is 0.667. The highest BCUT2D eigenvalue weighted by atomic mass is 16.5. The largest absolute Gasteiger partial charge is 0.379 e. The lowest BCUT2D eigenvalue weighted by molar-refractivity contribution is 0.141. The summed E-state index contributed by atoms with van der Waals surface area (Å²) in [6.45, 7) is 7.85. The summed E-state index contributed by atoms with van der Waals surface area (Å²) in [7, 11) is 0. The third-order valence-corrected chi connectivity index (χ3v) is 1.34. The molecule has 0 heterocycles. The van der Waals surface area contributed by atoms with Crippen LogP contribution in [0.1, 0.15) is 13.3 Å². The molecule has 2 amide bonds. The van der Waals surface area contributed by atoms with Gasteiger partial charge in [-0.3, -0.25) is 0 Å². The van der Waals surface area contributed by atoms with Crippen molar-refractivity contribution in [1.29, 1.82) is 0 Å². The first kappa shape index (κ1) is 12.0. The van der Waals surface area contributed by atoms with Crippen molar-refractivity contribution in [3.63, 3.8) is 0 Å². The molecular weight excluding hydrogens is 168 g/mol. The fourth-order valence-electron chi connectivity index (χ4n) is 0.729. The van der Waals surface area contributed by atoms with Gasteiger partial charge >= 0.3 is 6.03 Å².